The molecule has 138 valence electrons. The van der Waals surface area contributed by atoms with Gasteiger partial charge in [-0.1, -0.05) is 23.7 Å². The third-order valence-corrected chi connectivity index (χ3v) is 4.78. The lowest BCUT2D eigenvalue weighted by atomic mass is 10.2. The Morgan fingerprint density at radius 2 is 2.08 bits per heavy atom. The molecular formula is C18H20ClFN4O2. The van der Waals surface area contributed by atoms with Gasteiger partial charge in [-0.15, -0.1) is 0 Å². The Morgan fingerprint density at radius 1 is 1.31 bits per heavy atom. The summed E-state index contributed by atoms with van der Waals surface area (Å²) in [5, 5.41) is 3.36. The van der Waals surface area contributed by atoms with Crippen LogP contribution in [0.4, 0.5) is 14.9 Å². The fraction of sp³-hybridized carbons (Fsp3) is 0.333. The van der Waals surface area contributed by atoms with Gasteiger partial charge >= 0.3 is 6.03 Å². The van der Waals surface area contributed by atoms with E-state index in [2.05, 4.69) is 10.3 Å². The highest BCUT2D eigenvalue weighted by atomic mass is 35.5. The Hall–Kier alpha value is -2.54. The van der Waals surface area contributed by atoms with Crippen LogP contribution in [0.5, 0.6) is 5.75 Å². The number of carbonyl (C=O) groups is 1. The van der Waals surface area contributed by atoms with Crippen molar-refractivity contribution in [3.8, 4) is 5.75 Å². The zero-order valence-electron chi connectivity index (χ0n) is 14.4. The molecule has 2 heterocycles. The second-order valence-corrected chi connectivity index (χ2v) is 6.27. The SMILES string of the molecule is COc1cccc(CNC(=O)N2CCN(c3ccncc3F)CC2)c1Cl. The molecule has 0 aliphatic carbocycles. The number of methoxy groups -OCH3 is 1. The Balaban J connectivity index is 1.54. The highest BCUT2D eigenvalue weighted by Crippen LogP contribution is 2.27. The smallest absolute Gasteiger partial charge is 0.317 e. The molecule has 0 spiro atoms. The number of aromatic nitrogens is 1. The molecule has 0 radical (unpaired) electrons. The predicted octanol–water partition coefficient (Wildman–Crippen LogP) is 2.91. The summed E-state index contributed by atoms with van der Waals surface area (Å²) in [4.78, 5) is 19.8. The lowest BCUT2D eigenvalue weighted by Crippen LogP contribution is -2.51. The molecule has 26 heavy (non-hydrogen) atoms. The minimum Gasteiger partial charge on any atom is -0.495 e. The first kappa shape index (κ1) is 18.3. The van der Waals surface area contributed by atoms with Crippen molar-refractivity contribution in [1.29, 1.82) is 0 Å². The van der Waals surface area contributed by atoms with Crippen molar-refractivity contribution in [2.45, 2.75) is 6.54 Å². The first-order chi connectivity index (χ1) is 12.6. The molecule has 0 unspecified atom stereocenters. The summed E-state index contributed by atoms with van der Waals surface area (Å²) in [5.74, 6) is 0.226. The van der Waals surface area contributed by atoms with Crippen LogP contribution in [-0.4, -0.2) is 49.2 Å². The number of piperazine rings is 1. The molecule has 1 aliphatic heterocycles. The summed E-state index contributed by atoms with van der Waals surface area (Å²) in [5.41, 5.74) is 1.31. The molecule has 1 aromatic carbocycles. The molecule has 0 saturated carbocycles. The number of benzene rings is 1. The van der Waals surface area contributed by atoms with Gasteiger partial charge in [-0.25, -0.2) is 9.18 Å². The average Bonchev–Trinajstić information content (AvgIpc) is 2.67. The quantitative estimate of drug-likeness (QED) is 0.888. The van der Waals surface area contributed by atoms with Crippen molar-refractivity contribution in [2.75, 3.05) is 38.2 Å². The van der Waals surface area contributed by atoms with Crippen molar-refractivity contribution in [3.05, 3.63) is 53.1 Å². The van der Waals surface area contributed by atoms with Crippen molar-refractivity contribution >= 4 is 23.3 Å². The number of urea groups is 1. The lowest BCUT2D eigenvalue weighted by Gasteiger charge is -2.36. The Morgan fingerprint density at radius 3 is 2.77 bits per heavy atom. The number of carbonyl (C=O) groups excluding carboxylic acids is 1. The predicted molar refractivity (Wildman–Crippen MR) is 98.2 cm³/mol. The van der Waals surface area contributed by atoms with E-state index >= 15 is 0 Å². The number of hydrogen-bond donors (Lipinski definition) is 1. The van der Waals surface area contributed by atoms with Crippen LogP contribution in [0.25, 0.3) is 0 Å². The molecule has 0 bridgehead atoms. The van der Waals surface area contributed by atoms with Crippen molar-refractivity contribution < 1.29 is 13.9 Å². The Bertz CT molecular complexity index is 782. The highest BCUT2D eigenvalue weighted by Gasteiger charge is 2.22. The molecule has 2 aromatic rings. The van der Waals surface area contributed by atoms with Gasteiger partial charge in [-0.3, -0.25) is 4.98 Å². The van der Waals surface area contributed by atoms with Gasteiger partial charge in [0, 0.05) is 38.9 Å². The van der Waals surface area contributed by atoms with Gasteiger partial charge < -0.3 is 19.9 Å². The molecular weight excluding hydrogens is 359 g/mol. The van der Waals surface area contributed by atoms with Crippen LogP contribution in [0.2, 0.25) is 5.02 Å². The van der Waals surface area contributed by atoms with Crippen molar-refractivity contribution in [2.24, 2.45) is 0 Å². The van der Waals surface area contributed by atoms with Crippen molar-refractivity contribution in [1.82, 2.24) is 15.2 Å². The summed E-state index contributed by atoms with van der Waals surface area (Å²) in [7, 11) is 1.55. The number of nitrogens with zero attached hydrogens (tertiary/aromatic N) is 3. The van der Waals surface area contributed by atoms with Crippen LogP contribution in [0.15, 0.2) is 36.7 Å². The monoisotopic (exact) mass is 378 g/mol. The molecule has 6 nitrogen and oxygen atoms in total. The molecule has 1 fully saturated rings. The van der Waals surface area contributed by atoms with E-state index in [0.29, 0.717) is 49.2 Å². The summed E-state index contributed by atoms with van der Waals surface area (Å²) >= 11 is 6.24. The summed E-state index contributed by atoms with van der Waals surface area (Å²) in [6.07, 6.45) is 2.77. The third kappa shape index (κ3) is 3.99. The summed E-state index contributed by atoms with van der Waals surface area (Å²) in [6.45, 7) is 2.47. The van der Waals surface area contributed by atoms with Gasteiger partial charge in [0.2, 0.25) is 0 Å². The maximum absolute atomic E-state index is 13.8. The maximum Gasteiger partial charge on any atom is 0.317 e. The van der Waals surface area contributed by atoms with Crippen LogP contribution >= 0.6 is 11.6 Å². The second kappa shape index (κ2) is 8.23. The molecule has 2 amide bonds. The van der Waals surface area contributed by atoms with Crippen LogP contribution in [0.3, 0.4) is 0 Å². The second-order valence-electron chi connectivity index (χ2n) is 5.89. The van der Waals surface area contributed by atoms with E-state index < -0.39 is 0 Å². The topological polar surface area (TPSA) is 57.7 Å². The van der Waals surface area contributed by atoms with Gasteiger partial charge in [-0.2, -0.15) is 0 Å². The molecule has 1 saturated heterocycles. The lowest BCUT2D eigenvalue weighted by molar-refractivity contribution is 0.194. The number of pyridine rings is 1. The fourth-order valence-corrected chi connectivity index (χ4v) is 3.18. The zero-order valence-corrected chi connectivity index (χ0v) is 15.2. The number of anilines is 1. The third-order valence-electron chi connectivity index (χ3n) is 4.35. The molecule has 1 aromatic heterocycles. The van der Waals surface area contributed by atoms with Crippen molar-refractivity contribution in [3.63, 3.8) is 0 Å². The van der Waals surface area contributed by atoms with Gasteiger partial charge in [0.05, 0.1) is 24.0 Å². The number of nitrogens with one attached hydrogen (secondary N) is 1. The Kier molecular flexibility index (Phi) is 5.78. The number of amides is 2. The number of ether oxygens (including phenoxy) is 1. The molecule has 0 atom stereocenters. The van der Waals surface area contributed by atoms with Crippen LogP contribution < -0.4 is 15.0 Å². The van der Waals surface area contributed by atoms with E-state index in [1.165, 1.54) is 6.20 Å². The first-order valence-corrected chi connectivity index (χ1v) is 8.66. The first-order valence-electron chi connectivity index (χ1n) is 8.28. The summed E-state index contributed by atoms with van der Waals surface area (Å²) < 4.78 is 19.0. The highest BCUT2D eigenvalue weighted by molar-refractivity contribution is 6.32. The van der Waals surface area contributed by atoms with E-state index in [9.17, 15) is 9.18 Å². The standard InChI is InChI=1S/C18H20ClFN4O2/c1-26-16-4-2-3-13(17(16)19)11-22-18(25)24-9-7-23(8-10-24)15-5-6-21-12-14(15)20/h2-6,12H,7-11H2,1H3,(H,22,25). The maximum atomic E-state index is 13.8. The minimum atomic E-state index is -0.349. The van der Waals surface area contributed by atoms with Crippen LogP contribution in [-0.2, 0) is 6.54 Å². The number of hydrogen-bond acceptors (Lipinski definition) is 4. The van der Waals surface area contributed by atoms with Crippen LogP contribution in [0, 0.1) is 5.82 Å². The zero-order chi connectivity index (χ0) is 18.5. The van der Waals surface area contributed by atoms with Gasteiger partial charge in [-0.05, 0) is 17.7 Å². The van der Waals surface area contributed by atoms with E-state index in [1.807, 2.05) is 17.0 Å². The van der Waals surface area contributed by atoms with Gasteiger partial charge in [0.25, 0.3) is 0 Å². The number of halogens is 2. The fourth-order valence-electron chi connectivity index (χ4n) is 2.91. The molecule has 8 heteroatoms. The number of rotatable bonds is 4. The molecule has 1 aliphatic rings. The normalized spacial score (nSPS) is 14.3. The van der Waals surface area contributed by atoms with Crippen LogP contribution in [0.1, 0.15) is 5.56 Å². The van der Waals surface area contributed by atoms with E-state index in [0.717, 1.165) is 5.56 Å². The Labute approximate surface area is 156 Å². The van der Waals surface area contributed by atoms with Gasteiger partial charge in [0.15, 0.2) is 5.82 Å². The van der Waals surface area contributed by atoms with E-state index in [-0.39, 0.29) is 11.8 Å². The van der Waals surface area contributed by atoms with Gasteiger partial charge in [0.1, 0.15) is 5.75 Å². The minimum absolute atomic E-state index is 0.168. The van der Waals surface area contributed by atoms with E-state index in [1.54, 1.807) is 30.3 Å². The summed E-state index contributed by atoms with van der Waals surface area (Å²) in [6, 6.07) is 6.92. The molecule has 3 rings (SSSR count). The molecule has 1 N–H and O–H groups in total. The largest absolute Gasteiger partial charge is 0.495 e. The van der Waals surface area contributed by atoms with E-state index in [4.69, 9.17) is 16.3 Å². The average molecular weight is 379 g/mol.